The Kier molecular flexibility index (Phi) is 9.10. The van der Waals surface area contributed by atoms with Gasteiger partial charge in [0.05, 0.1) is 62.0 Å². The standard InChI is InChI=1S/C19H38NO8P/c1-10(2)25-9-16-17(19(22)13(6)28-16)20-29(23,24)26-8-14-15(27-11(3)4)7-12(5)18(14)21/h10-19,21-22H,7-9H2,1-6H3,(H2,20,23,24)/p-1/t12-,13-,14+,15?,16+,17?,18?,19+/m0/s1. The van der Waals surface area contributed by atoms with Crippen molar-refractivity contribution < 1.29 is 38.4 Å². The molecule has 0 aromatic heterocycles. The smallest absolute Gasteiger partial charge is 0.204 e. The van der Waals surface area contributed by atoms with Gasteiger partial charge in [-0.25, -0.2) is 5.09 Å². The quantitative estimate of drug-likeness (QED) is 0.424. The second-order valence-electron chi connectivity index (χ2n) is 8.79. The van der Waals surface area contributed by atoms with Crippen molar-refractivity contribution in [3.05, 3.63) is 0 Å². The first kappa shape index (κ1) is 25.2. The third-order valence-corrected chi connectivity index (χ3v) is 6.63. The average Bonchev–Trinajstić information content (AvgIpc) is 3.01. The molecular formula is C19H37NO8P-. The number of ether oxygens (including phenoxy) is 3. The predicted octanol–water partition coefficient (Wildman–Crippen LogP) is 0.813. The van der Waals surface area contributed by atoms with Gasteiger partial charge in [0.2, 0.25) is 7.75 Å². The summed E-state index contributed by atoms with van der Waals surface area (Å²) in [4.78, 5) is 12.6. The lowest BCUT2D eigenvalue weighted by Gasteiger charge is -2.33. The van der Waals surface area contributed by atoms with Crippen LogP contribution in [0, 0.1) is 11.8 Å². The third-order valence-electron chi connectivity index (χ3n) is 5.53. The first-order valence-corrected chi connectivity index (χ1v) is 12.0. The monoisotopic (exact) mass is 438 g/mol. The van der Waals surface area contributed by atoms with Crippen molar-refractivity contribution in [2.24, 2.45) is 11.8 Å². The summed E-state index contributed by atoms with van der Waals surface area (Å²) >= 11 is 0. The summed E-state index contributed by atoms with van der Waals surface area (Å²) in [7, 11) is -4.51. The van der Waals surface area contributed by atoms with Crippen LogP contribution in [0.4, 0.5) is 0 Å². The van der Waals surface area contributed by atoms with E-state index in [1.807, 2.05) is 34.6 Å². The molecule has 2 rings (SSSR count). The van der Waals surface area contributed by atoms with Gasteiger partial charge in [0.15, 0.2) is 0 Å². The van der Waals surface area contributed by atoms with Crippen molar-refractivity contribution in [1.82, 2.24) is 5.09 Å². The highest BCUT2D eigenvalue weighted by Gasteiger charge is 2.44. The molecule has 4 unspecified atom stereocenters. The Morgan fingerprint density at radius 2 is 1.79 bits per heavy atom. The molecule has 2 fully saturated rings. The summed E-state index contributed by atoms with van der Waals surface area (Å²) in [6, 6.07) is -0.873. The molecule has 9 nitrogen and oxygen atoms in total. The maximum Gasteiger partial charge on any atom is 0.204 e. The topological polar surface area (TPSA) is 130 Å². The molecule has 29 heavy (non-hydrogen) atoms. The molecule has 0 amide bonds. The lowest BCUT2D eigenvalue weighted by atomic mass is 10.0. The minimum atomic E-state index is -4.51. The van der Waals surface area contributed by atoms with Crippen LogP contribution in [-0.4, -0.2) is 72.2 Å². The number of hydrogen-bond acceptors (Lipinski definition) is 8. The Bertz CT molecular complexity index is 560. The second-order valence-corrected chi connectivity index (χ2v) is 10.3. The van der Waals surface area contributed by atoms with E-state index in [4.69, 9.17) is 18.7 Å². The minimum Gasteiger partial charge on any atom is -0.766 e. The summed E-state index contributed by atoms with van der Waals surface area (Å²) in [6.45, 7) is 11.1. The highest BCUT2D eigenvalue weighted by molar-refractivity contribution is 7.49. The molecule has 172 valence electrons. The summed E-state index contributed by atoms with van der Waals surface area (Å²) in [5, 5.41) is 23.2. The lowest BCUT2D eigenvalue weighted by Crippen LogP contribution is -2.47. The molecule has 10 heteroatoms. The molecular weight excluding hydrogens is 401 g/mol. The maximum absolute atomic E-state index is 12.6. The zero-order valence-electron chi connectivity index (χ0n) is 18.2. The molecule has 9 atom stereocenters. The van der Waals surface area contributed by atoms with E-state index in [-0.39, 0.29) is 37.4 Å². The van der Waals surface area contributed by atoms with Gasteiger partial charge < -0.3 is 33.8 Å². The van der Waals surface area contributed by atoms with Crippen molar-refractivity contribution in [3.8, 4) is 0 Å². The van der Waals surface area contributed by atoms with Gasteiger partial charge in [0.25, 0.3) is 0 Å². The number of aliphatic hydroxyl groups excluding tert-OH is 2. The Labute approximate surface area is 173 Å². The minimum absolute atomic E-state index is 0.00480. The average molecular weight is 438 g/mol. The fourth-order valence-corrected chi connectivity index (χ4v) is 5.11. The summed E-state index contributed by atoms with van der Waals surface area (Å²) in [6.07, 6.45) is -2.59. The number of nitrogens with one attached hydrogen (secondary N) is 1. The molecule has 0 radical (unpaired) electrons. The molecule has 0 aromatic rings. The van der Waals surface area contributed by atoms with Crippen LogP contribution in [0.1, 0.15) is 48.0 Å². The normalized spacial score (nSPS) is 40.1. The molecule has 0 bridgehead atoms. The highest BCUT2D eigenvalue weighted by atomic mass is 31.2. The molecule has 2 aliphatic rings. The van der Waals surface area contributed by atoms with Crippen molar-refractivity contribution >= 4 is 7.75 Å². The van der Waals surface area contributed by atoms with Crippen molar-refractivity contribution in [2.75, 3.05) is 13.2 Å². The second kappa shape index (κ2) is 10.5. The molecule has 0 aromatic carbocycles. The van der Waals surface area contributed by atoms with Crippen LogP contribution in [-0.2, 0) is 23.3 Å². The first-order chi connectivity index (χ1) is 13.4. The van der Waals surface area contributed by atoms with Crippen LogP contribution in [0.5, 0.6) is 0 Å². The van der Waals surface area contributed by atoms with Crippen molar-refractivity contribution in [3.63, 3.8) is 0 Å². The van der Waals surface area contributed by atoms with Gasteiger partial charge in [-0.05, 0) is 47.0 Å². The molecule has 0 spiro atoms. The molecule has 1 aliphatic carbocycles. The van der Waals surface area contributed by atoms with Gasteiger partial charge >= 0.3 is 0 Å². The number of hydrogen-bond donors (Lipinski definition) is 3. The van der Waals surface area contributed by atoms with Gasteiger partial charge in [-0.3, -0.25) is 4.57 Å². The van der Waals surface area contributed by atoms with Gasteiger partial charge in [-0.1, -0.05) is 6.92 Å². The van der Waals surface area contributed by atoms with Gasteiger partial charge in [0, 0.05) is 5.92 Å². The van der Waals surface area contributed by atoms with Gasteiger partial charge in [-0.15, -0.1) is 0 Å². The van der Waals surface area contributed by atoms with Crippen molar-refractivity contribution in [1.29, 1.82) is 0 Å². The lowest BCUT2D eigenvalue weighted by molar-refractivity contribution is -0.206. The van der Waals surface area contributed by atoms with Crippen LogP contribution in [0.15, 0.2) is 0 Å². The van der Waals surface area contributed by atoms with E-state index in [9.17, 15) is 19.7 Å². The Balaban J connectivity index is 1.97. The summed E-state index contributed by atoms with van der Waals surface area (Å²) < 4.78 is 34.8. The third kappa shape index (κ3) is 6.95. The Morgan fingerprint density at radius 1 is 1.14 bits per heavy atom. The predicted molar refractivity (Wildman–Crippen MR) is 105 cm³/mol. The Morgan fingerprint density at radius 3 is 2.38 bits per heavy atom. The fourth-order valence-electron chi connectivity index (χ4n) is 3.98. The van der Waals surface area contributed by atoms with Gasteiger partial charge in [0.1, 0.15) is 0 Å². The molecule has 1 saturated heterocycles. The van der Waals surface area contributed by atoms with Crippen LogP contribution >= 0.6 is 7.75 Å². The van der Waals surface area contributed by atoms with Gasteiger partial charge in [-0.2, -0.15) is 0 Å². The molecule has 1 aliphatic heterocycles. The molecule has 3 N–H and O–H groups in total. The largest absolute Gasteiger partial charge is 0.766 e. The summed E-state index contributed by atoms with van der Waals surface area (Å²) in [5.41, 5.74) is 0. The van der Waals surface area contributed by atoms with Crippen LogP contribution < -0.4 is 9.98 Å². The van der Waals surface area contributed by atoms with E-state index >= 15 is 0 Å². The highest BCUT2D eigenvalue weighted by Crippen LogP contribution is 2.40. The fraction of sp³-hybridized carbons (Fsp3) is 1.00. The van der Waals surface area contributed by atoms with Crippen LogP contribution in [0.2, 0.25) is 0 Å². The zero-order valence-corrected chi connectivity index (χ0v) is 19.1. The van der Waals surface area contributed by atoms with E-state index in [0.717, 1.165) is 0 Å². The Hall–Kier alpha value is -0.0900. The zero-order chi connectivity index (χ0) is 21.9. The van der Waals surface area contributed by atoms with Crippen molar-refractivity contribution in [2.45, 2.75) is 96.7 Å². The number of rotatable bonds is 10. The van der Waals surface area contributed by atoms with E-state index in [1.165, 1.54) is 0 Å². The van der Waals surface area contributed by atoms with E-state index in [0.29, 0.717) is 6.42 Å². The number of aliphatic hydroxyl groups is 2. The summed E-state index contributed by atoms with van der Waals surface area (Å²) in [5.74, 6) is -0.449. The van der Waals surface area contributed by atoms with Crippen LogP contribution in [0.3, 0.4) is 0 Å². The van der Waals surface area contributed by atoms with E-state index < -0.39 is 44.1 Å². The maximum atomic E-state index is 12.6. The van der Waals surface area contributed by atoms with Crippen LogP contribution in [0.25, 0.3) is 0 Å². The van der Waals surface area contributed by atoms with E-state index in [2.05, 4.69) is 5.09 Å². The van der Waals surface area contributed by atoms with E-state index in [1.54, 1.807) is 6.92 Å². The molecule has 1 heterocycles. The molecule has 1 saturated carbocycles. The SMILES string of the molecule is CC(C)OC[C@H]1O[C@@H](C)[C@@H](O)C1NP(=O)([O-])OC[C@@H]1C(OC(C)C)C[C@H](C)C1O. The first-order valence-electron chi connectivity index (χ1n) is 10.4.